The van der Waals surface area contributed by atoms with Crippen LogP contribution < -0.4 is 11.1 Å². The van der Waals surface area contributed by atoms with Crippen LogP contribution in [0.5, 0.6) is 0 Å². The lowest BCUT2D eigenvalue weighted by atomic mass is 9.75. The molecule has 0 bridgehead atoms. The Kier molecular flexibility index (Phi) is 6.34. The average Bonchev–Trinajstić information content (AvgIpc) is 2.65. The van der Waals surface area contributed by atoms with Gasteiger partial charge in [0.1, 0.15) is 6.04 Å². The summed E-state index contributed by atoms with van der Waals surface area (Å²) >= 11 is 0. The van der Waals surface area contributed by atoms with E-state index >= 15 is 0 Å². The minimum absolute atomic E-state index is 0.249. The number of carbonyl (C=O) groups excluding carboxylic acids is 2. The lowest BCUT2D eigenvalue weighted by Crippen LogP contribution is -2.51. The van der Waals surface area contributed by atoms with Gasteiger partial charge in [-0.15, -0.1) is 0 Å². The number of rotatable bonds is 7. The third kappa shape index (κ3) is 4.39. The molecule has 2 aromatic rings. The standard InChI is InChI=1S/C22H26N2O2/c1-16(2)14-15-19(20(23)25)24-21(26)22(3,17-10-6-4-7-11-17)18-12-8-5-9-13-18/h4-14,19H,15H2,1-3H3,(H2,23,25)(H,24,26)/t19-/m1/s1. The summed E-state index contributed by atoms with van der Waals surface area (Å²) in [6.07, 6.45) is 2.28. The van der Waals surface area contributed by atoms with Crippen molar-refractivity contribution in [2.24, 2.45) is 5.73 Å². The summed E-state index contributed by atoms with van der Waals surface area (Å²) in [5.41, 5.74) is 7.36. The second-order valence-corrected chi connectivity index (χ2v) is 6.80. The number of primary amides is 1. The van der Waals surface area contributed by atoms with Gasteiger partial charge < -0.3 is 11.1 Å². The molecule has 4 nitrogen and oxygen atoms in total. The number of allylic oxidation sites excluding steroid dienone is 1. The second kappa shape index (κ2) is 8.48. The highest BCUT2D eigenvalue weighted by atomic mass is 16.2. The molecule has 3 N–H and O–H groups in total. The van der Waals surface area contributed by atoms with E-state index in [0.29, 0.717) is 6.42 Å². The van der Waals surface area contributed by atoms with Crippen molar-refractivity contribution in [2.45, 2.75) is 38.6 Å². The van der Waals surface area contributed by atoms with Crippen molar-refractivity contribution < 1.29 is 9.59 Å². The number of hydrogen-bond acceptors (Lipinski definition) is 2. The van der Waals surface area contributed by atoms with E-state index in [2.05, 4.69) is 5.32 Å². The molecule has 0 heterocycles. The molecular weight excluding hydrogens is 324 g/mol. The summed E-state index contributed by atoms with van der Waals surface area (Å²) in [6.45, 7) is 5.75. The fourth-order valence-corrected chi connectivity index (χ4v) is 2.87. The van der Waals surface area contributed by atoms with Crippen LogP contribution in [0, 0.1) is 0 Å². The molecule has 0 aliphatic rings. The average molecular weight is 350 g/mol. The van der Waals surface area contributed by atoms with Crippen LogP contribution in [0.3, 0.4) is 0 Å². The van der Waals surface area contributed by atoms with Gasteiger partial charge in [-0.2, -0.15) is 0 Å². The molecule has 0 saturated carbocycles. The monoisotopic (exact) mass is 350 g/mol. The van der Waals surface area contributed by atoms with Crippen molar-refractivity contribution >= 4 is 11.8 Å². The van der Waals surface area contributed by atoms with E-state index in [1.807, 2.05) is 87.5 Å². The van der Waals surface area contributed by atoms with Crippen molar-refractivity contribution in [3.05, 3.63) is 83.4 Å². The van der Waals surface area contributed by atoms with Gasteiger partial charge in [0.05, 0.1) is 5.41 Å². The number of nitrogens with one attached hydrogen (secondary N) is 1. The van der Waals surface area contributed by atoms with Gasteiger partial charge in [-0.3, -0.25) is 9.59 Å². The van der Waals surface area contributed by atoms with Crippen LogP contribution in [0.1, 0.15) is 38.3 Å². The summed E-state index contributed by atoms with van der Waals surface area (Å²) in [4.78, 5) is 25.1. The molecule has 0 fully saturated rings. The van der Waals surface area contributed by atoms with Gasteiger partial charge in [0.25, 0.3) is 0 Å². The minimum Gasteiger partial charge on any atom is -0.368 e. The maximum Gasteiger partial charge on any atom is 0.240 e. The molecule has 0 radical (unpaired) electrons. The molecule has 4 heteroatoms. The molecule has 26 heavy (non-hydrogen) atoms. The number of benzene rings is 2. The van der Waals surface area contributed by atoms with Crippen molar-refractivity contribution in [2.75, 3.05) is 0 Å². The lowest BCUT2D eigenvalue weighted by Gasteiger charge is -2.31. The van der Waals surface area contributed by atoms with Crippen LogP contribution in [0.4, 0.5) is 0 Å². The topological polar surface area (TPSA) is 72.2 Å². The molecular formula is C22H26N2O2. The highest BCUT2D eigenvalue weighted by Crippen LogP contribution is 2.32. The Hall–Kier alpha value is -2.88. The first kappa shape index (κ1) is 19.4. The maximum absolute atomic E-state index is 13.3. The number of amides is 2. The zero-order chi connectivity index (χ0) is 19.2. The summed E-state index contributed by atoms with van der Waals surface area (Å²) in [6, 6.07) is 18.4. The van der Waals surface area contributed by atoms with Crippen molar-refractivity contribution in [1.82, 2.24) is 5.32 Å². The largest absolute Gasteiger partial charge is 0.368 e. The first-order valence-corrected chi connectivity index (χ1v) is 8.70. The highest BCUT2D eigenvalue weighted by Gasteiger charge is 2.38. The Balaban J connectivity index is 2.41. The molecule has 2 amide bonds. The van der Waals surface area contributed by atoms with Crippen LogP contribution in [-0.4, -0.2) is 17.9 Å². The fourth-order valence-electron chi connectivity index (χ4n) is 2.87. The van der Waals surface area contributed by atoms with E-state index in [9.17, 15) is 9.59 Å². The normalized spacial score (nSPS) is 12.1. The Bertz CT molecular complexity index is 739. The molecule has 0 spiro atoms. The van der Waals surface area contributed by atoms with Gasteiger partial charge in [0, 0.05) is 0 Å². The van der Waals surface area contributed by atoms with Gasteiger partial charge in [0.2, 0.25) is 11.8 Å². The van der Waals surface area contributed by atoms with E-state index < -0.39 is 17.4 Å². The summed E-state index contributed by atoms with van der Waals surface area (Å²) in [5, 5.41) is 2.85. The Morgan fingerprint density at radius 3 is 1.85 bits per heavy atom. The predicted octanol–water partition coefficient (Wildman–Crippen LogP) is 3.32. The van der Waals surface area contributed by atoms with Crippen LogP contribution in [0.2, 0.25) is 0 Å². The quantitative estimate of drug-likeness (QED) is 0.752. The summed E-state index contributed by atoms with van der Waals surface area (Å²) in [5.74, 6) is -0.792. The highest BCUT2D eigenvalue weighted by molar-refractivity contribution is 5.95. The number of carbonyl (C=O) groups is 2. The van der Waals surface area contributed by atoms with Gasteiger partial charge >= 0.3 is 0 Å². The third-order valence-corrected chi connectivity index (χ3v) is 4.57. The minimum atomic E-state index is -0.929. The van der Waals surface area contributed by atoms with Crippen LogP contribution >= 0.6 is 0 Å². The SMILES string of the molecule is CC(C)=CC[C@@H](NC(=O)C(C)(c1ccccc1)c1ccccc1)C(N)=O. The summed E-state index contributed by atoms with van der Waals surface area (Å²) < 4.78 is 0. The van der Waals surface area contributed by atoms with Gasteiger partial charge in [0.15, 0.2) is 0 Å². The van der Waals surface area contributed by atoms with E-state index in [-0.39, 0.29) is 5.91 Å². The Morgan fingerprint density at radius 1 is 1.00 bits per heavy atom. The van der Waals surface area contributed by atoms with Crippen molar-refractivity contribution in [3.63, 3.8) is 0 Å². The van der Waals surface area contributed by atoms with E-state index in [0.717, 1.165) is 16.7 Å². The molecule has 1 atom stereocenters. The zero-order valence-electron chi connectivity index (χ0n) is 15.5. The maximum atomic E-state index is 13.3. The third-order valence-electron chi connectivity index (χ3n) is 4.57. The fraction of sp³-hybridized carbons (Fsp3) is 0.273. The predicted molar refractivity (Wildman–Crippen MR) is 105 cm³/mol. The van der Waals surface area contributed by atoms with E-state index in [4.69, 9.17) is 5.73 Å². The molecule has 2 rings (SSSR count). The lowest BCUT2D eigenvalue weighted by molar-refractivity contribution is -0.129. The molecule has 0 unspecified atom stereocenters. The van der Waals surface area contributed by atoms with Crippen LogP contribution in [-0.2, 0) is 15.0 Å². The Morgan fingerprint density at radius 2 is 1.46 bits per heavy atom. The molecule has 0 saturated heterocycles. The zero-order valence-corrected chi connectivity index (χ0v) is 15.5. The smallest absolute Gasteiger partial charge is 0.240 e. The van der Waals surface area contributed by atoms with Crippen molar-refractivity contribution in [3.8, 4) is 0 Å². The van der Waals surface area contributed by atoms with Gasteiger partial charge in [-0.25, -0.2) is 0 Å². The summed E-state index contributed by atoms with van der Waals surface area (Å²) in [7, 11) is 0. The first-order valence-electron chi connectivity index (χ1n) is 8.70. The van der Waals surface area contributed by atoms with Crippen molar-refractivity contribution in [1.29, 1.82) is 0 Å². The van der Waals surface area contributed by atoms with Crippen LogP contribution in [0.15, 0.2) is 72.3 Å². The van der Waals surface area contributed by atoms with Gasteiger partial charge in [-0.1, -0.05) is 72.3 Å². The number of nitrogens with two attached hydrogens (primary N) is 1. The molecule has 136 valence electrons. The molecule has 0 aromatic heterocycles. The Labute approximate surface area is 155 Å². The van der Waals surface area contributed by atoms with Gasteiger partial charge in [-0.05, 0) is 38.3 Å². The van der Waals surface area contributed by atoms with E-state index in [1.165, 1.54) is 0 Å². The molecule has 2 aromatic carbocycles. The number of hydrogen-bond donors (Lipinski definition) is 2. The van der Waals surface area contributed by atoms with Crippen LogP contribution in [0.25, 0.3) is 0 Å². The van der Waals surface area contributed by atoms with E-state index in [1.54, 1.807) is 0 Å². The first-order chi connectivity index (χ1) is 12.4. The molecule has 0 aliphatic heterocycles. The second-order valence-electron chi connectivity index (χ2n) is 6.80. The molecule has 0 aliphatic carbocycles.